The third-order valence-corrected chi connectivity index (χ3v) is 5.05. The Balaban J connectivity index is 1.77. The van der Waals surface area contributed by atoms with Crippen molar-refractivity contribution in [2.45, 2.75) is 12.8 Å². The van der Waals surface area contributed by atoms with Gasteiger partial charge in [0.05, 0.1) is 17.1 Å². The Bertz CT molecular complexity index is 1000. The number of nitrogens with one attached hydrogen (secondary N) is 1. The molecule has 0 bridgehead atoms. The van der Waals surface area contributed by atoms with Gasteiger partial charge in [0.1, 0.15) is 5.56 Å². The standard InChI is InChI=1S/C21H16N2O3S/c1-22-16-10-8-15(9-11-16)20-19(21(25)26)17(13-27-20)23-18(24)12-7-14-5-3-2-4-6-14/h2-6,8-11,13H,7,12H2,(H,23,24)(H,25,26). The fourth-order valence-electron chi connectivity index (χ4n) is 2.68. The van der Waals surface area contributed by atoms with Crippen LogP contribution in [0.15, 0.2) is 60.0 Å². The molecule has 0 radical (unpaired) electrons. The molecule has 0 spiro atoms. The highest BCUT2D eigenvalue weighted by molar-refractivity contribution is 7.14. The van der Waals surface area contributed by atoms with Crippen molar-refractivity contribution in [3.05, 3.63) is 82.5 Å². The van der Waals surface area contributed by atoms with Crippen LogP contribution in [0.25, 0.3) is 15.3 Å². The van der Waals surface area contributed by atoms with E-state index < -0.39 is 5.97 Å². The summed E-state index contributed by atoms with van der Waals surface area (Å²) in [5, 5.41) is 14.0. The smallest absolute Gasteiger partial charge is 0.339 e. The quantitative estimate of drug-likeness (QED) is 0.578. The molecule has 6 heteroatoms. The molecule has 0 unspecified atom stereocenters. The van der Waals surface area contributed by atoms with Gasteiger partial charge in [-0.15, -0.1) is 11.3 Å². The van der Waals surface area contributed by atoms with Gasteiger partial charge < -0.3 is 10.4 Å². The average molecular weight is 376 g/mol. The van der Waals surface area contributed by atoms with Crippen LogP contribution in [0, 0.1) is 6.57 Å². The van der Waals surface area contributed by atoms with Gasteiger partial charge in [0, 0.05) is 11.8 Å². The van der Waals surface area contributed by atoms with Gasteiger partial charge in [0.2, 0.25) is 5.91 Å². The summed E-state index contributed by atoms with van der Waals surface area (Å²) in [5.41, 5.74) is 2.62. The second-order valence-corrected chi connectivity index (χ2v) is 6.73. The fraction of sp³-hybridized carbons (Fsp3) is 0.0952. The van der Waals surface area contributed by atoms with Crippen molar-refractivity contribution in [2.24, 2.45) is 0 Å². The van der Waals surface area contributed by atoms with Crippen molar-refractivity contribution in [1.29, 1.82) is 0 Å². The highest BCUT2D eigenvalue weighted by Crippen LogP contribution is 2.36. The molecule has 3 aromatic rings. The predicted octanol–water partition coefficient (Wildman–Crippen LogP) is 5.24. The minimum atomic E-state index is -1.10. The molecule has 0 aliphatic heterocycles. The highest BCUT2D eigenvalue weighted by Gasteiger charge is 2.21. The zero-order valence-corrected chi connectivity index (χ0v) is 15.1. The number of benzene rings is 2. The monoisotopic (exact) mass is 376 g/mol. The molecule has 3 rings (SSSR count). The molecule has 0 aliphatic rings. The Kier molecular flexibility index (Phi) is 5.64. The minimum Gasteiger partial charge on any atom is -0.478 e. The van der Waals surface area contributed by atoms with Gasteiger partial charge >= 0.3 is 5.97 Å². The Morgan fingerprint density at radius 3 is 2.41 bits per heavy atom. The maximum Gasteiger partial charge on any atom is 0.339 e. The van der Waals surface area contributed by atoms with E-state index in [-0.39, 0.29) is 17.9 Å². The molecule has 0 aliphatic carbocycles. The van der Waals surface area contributed by atoms with E-state index >= 15 is 0 Å². The number of anilines is 1. The van der Waals surface area contributed by atoms with Crippen LogP contribution < -0.4 is 5.32 Å². The van der Waals surface area contributed by atoms with Gasteiger partial charge in [-0.25, -0.2) is 9.64 Å². The number of carboxylic acids is 1. The first-order chi connectivity index (χ1) is 13.1. The molecular formula is C21H16N2O3S. The SMILES string of the molecule is [C-]#[N+]c1ccc(-c2scc(NC(=O)CCc3ccccc3)c2C(=O)O)cc1. The van der Waals surface area contributed by atoms with Gasteiger partial charge in [-0.05, 0) is 17.5 Å². The molecule has 0 fully saturated rings. The number of hydrogen-bond donors (Lipinski definition) is 2. The molecule has 27 heavy (non-hydrogen) atoms. The summed E-state index contributed by atoms with van der Waals surface area (Å²) in [5.74, 6) is -1.33. The molecule has 1 heterocycles. The van der Waals surface area contributed by atoms with Gasteiger partial charge in [-0.1, -0.05) is 54.6 Å². The van der Waals surface area contributed by atoms with Crippen molar-refractivity contribution < 1.29 is 14.7 Å². The summed E-state index contributed by atoms with van der Waals surface area (Å²) in [6.45, 7) is 7.00. The third kappa shape index (κ3) is 4.40. The number of thiophene rings is 1. The van der Waals surface area contributed by atoms with E-state index in [2.05, 4.69) is 10.2 Å². The van der Waals surface area contributed by atoms with E-state index in [1.54, 1.807) is 29.6 Å². The van der Waals surface area contributed by atoms with E-state index in [0.717, 1.165) is 5.56 Å². The van der Waals surface area contributed by atoms with Crippen molar-refractivity contribution in [2.75, 3.05) is 5.32 Å². The van der Waals surface area contributed by atoms with Crippen LogP contribution in [-0.2, 0) is 11.2 Å². The lowest BCUT2D eigenvalue weighted by molar-refractivity contribution is -0.116. The van der Waals surface area contributed by atoms with E-state index in [0.29, 0.717) is 28.2 Å². The molecule has 1 aromatic heterocycles. The minimum absolute atomic E-state index is 0.0728. The molecule has 2 N–H and O–H groups in total. The van der Waals surface area contributed by atoms with E-state index in [4.69, 9.17) is 6.57 Å². The van der Waals surface area contributed by atoms with Crippen LogP contribution in [-0.4, -0.2) is 17.0 Å². The lowest BCUT2D eigenvalue weighted by Crippen LogP contribution is -2.14. The largest absolute Gasteiger partial charge is 0.478 e. The number of carboxylic acid groups (broad SMARTS) is 1. The van der Waals surface area contributed by atoms with Crippen molar-refractivity contribution in [3.63, 3.8) is 0 Å². The summed E-state index contributed by atoms with van der Waals surface area (Å²) < 4.78 is 0. The van der Waals surface area contributed by atoms with Crippen LogP contribution in [0.5, 0.6) is 0 Å². The number of amides is 1. The number of rotatable bonds is 6. The second kappa shape index (κ2) is 8.30. The molecule has 0 saturated carbocycles. The Labute approximate surface area is 160 Å². The van der Waals surface area contributed by atoms with E-state index in [9.17, 15) is 14.7 Å². The van der Waals surface area contributed by atoms with Gasteiger partial charge in [0.25, 0.3) is 0 Å². The number of aryl methyl sites for hydroxylation is 1. The first-order valence-corrected chi connectivity index (χ1v) is 9.13. The van der Waals surface area contributed by atoms with Crippen LogP contribution in [0.3, 0.4) is 0 Å². The molecule has 5 nitrogen and oxygen atoms in total. The van der Waals surface area contributed by atoms with E-state index in [1.807, 2.05) is 30.3 Å². The average Bonchev–Trinajstić information content (AvgIpc) is 3.11. The molecule has 0 atom stereocenters. The Hall–Kier alpha value is -3.43. The topological polar surface area (TPSA) is 70.8 Å². The normalized spacial score (nSPS) is 10.2. The van der Waals surface area contributed by atoms with Crippen molar-refractivity contribution in [1.82, 2.24) is 0 Å². The van der Waals surface area contributed by atoms with E-state index in [1.165, 1.54) is 11.3 Å². The molecule has 134 valence electrons. The summed E-state index contributed by atoms with van der Waals surface area (Å²) in [6, 6.07) is 16.4. The predicted molar refractivity (Wildman–Crippen MR) is 106 cm³/mol. The van der Waals surface area contributed by atoms with Gasteiger partial charge in [0.15, 0.2) is 5.69 Å². The molecular weight excluding hydrogens is 360 g/mol. The number of hydrogen-bond acceptors (Lipinski definition) is 3. The highest BCUT2D eigenvalue weighted by atomic mass is 32.1. The first-order valence-electron chi connectivity index (χ1n) is 8.25. The molecule has 1 amide bonds. The second-order valence-electron chi connectivity index (χ2n) is 5.85. The number of aromatic carboxylic acids is 1. The maximum atomic E-state index is 12.3. The summed E-state index contributed by atoms with van der Waals surface area (Å²) >= 11 is 1.25. The van der Waals surface area contributed by atoms with Crippen LogP contribution in [0.2, 0.25) is 0 Å². The van der Waals surface area contributed by atoms with Crippen LogP contribution in [0.1, 0.15) is 22.3 Å². The fourth-order valence-corrected chi connectivity index (χ4v) is 3.68. The van der Waals surface area contributed by atoms with Crippen molar-refractivity contribution in [3.8, 4) is 10.4 Å². The maximum absolute atomic E-state index is 12.3. The molecule has 2 aromatic carbocycles. The summed E-state index contributed by atoms with van der Waals surface area (Å²) in [7, 11) is 0. The lowest BCUT2D eigenvalue weighted by Gasteiger charge is -2.07. The van der Waals surface area contributed by atoms with Crippen LogP contribution >= 0.6 is 11.3 Å². The van der Waals surface area contributed by atoms with Crippen molar-refractivity contribution >= 4 is 34.6 Å². The Morgan fingerprint density at radius 2 is 1.78 bits per heavy atom. The van der Waals surface area contributed by atoms with Gasteiger partial charge in [-0.3, -0.25) is 4.79 Å². The van der Waals surface area contributed by atoms with Crippen LogP contribution in [0.4, 0.5) is 11.4 Å². The number of carbonyl (C=O) groups is 2. The van der Waals surface area contributed by atoms with Gasteiger partial charge in [-0.2, -0.15) is 0 Å². The summed E-state index contributed by atoms with van der Waals surface area (Å²) in [4.78, 5) is 27.9. The Morgan fingerprint density at radius 1 is 1.07 bits per heavy atom. The number of nitrogens with zero attached hydrogens (tertiary/aromatic N) is 1. The first kappa shape index (κ1) is 18.4. The summed E-state index contributed by atoms with van der Waals surface area (Å²) in [6.07, 6.45) is 0.859. The zero-order chi connectivity index (χ0) is 19.2. The molecule has 0 saturated heterocycles. The number of carbonyl (C=O) groups excluding carboxylic acids is 1. The lowest BCUT2D eigenvalue weighted by atomic mass is 10.1. The zero-order valence-electron chi connectivity index (χ0n) is 14.3. The third-order valence-electron chi connectivity index (χ3n) is 4.02.